The summed E-state index contributed by atoms with van der Waals surface area (Å²) in [5.41, 5.74) is 5.68. The molecule has 0 saturated carbocycles. The SMILES string of the molecule is CCC(N)CC(=O)NCCc1cccs1. The van der Waals surface area contributed by atoms with Crippen molar-refractivity contribution in [3.63, 3.8) is 0 Å². The summed E-state index contributed by atoms with van der Waals surface area (Å²) in [6, 6.07) is 4.09. The zero-order chi connectivity index (χ0) is 11.1. The van der Waals surface area contributed by atoms with Gasteiger partial charge in [-0.2, -0.15) is 0 Å². The second-order valence-corrected chi connectivity index (χ2v) is 4.58. The third-order valence-corrected chi connectivity index (χ3v) is 3.18. The minimum Gasteiger partial charge on any atom is -0.356 e. The molecule has 3 nitrogen and oxygen atoms in total. The summed E-state index contributed by atoms with van der Waals surface area (Å²) in [5, 5.41) is 4.92. The van der Waals surface area contributed by atoms with E-state index >= 15 is 0 Å². The molecule has 84 valence electrons. The maximum absolute atomic E-state index is 11.4. The minimum atomic E-state index is -0.00765. The summed E-state index contributed by atoms with van der Waals surface area (Å²) in [6.07, 6.45) is 2.18. The van der Waals surface area contributed by atoms with Crippen LogP contribution in [0, 0.1) is 0 Å². The Balaban J connectivity index is 2.12. The van der Waals surface area contributed by atoms with Gasteiger partial charge in [-0.25, -0.2) is 0 Å². The van der Waals surface area contributed by atoms with Gasteiger partial charge < -0.3 is 11.1 Å². The number of nitrogens with one attached hydrogen (secondary N) is 1. The van der Waals surface area contributed by atoms with Gasteiger partial charge in [0.2, 0.25) is 5.91 Å². The van der Waals surface area contributed by atoms with Crippen LogP contribution in [0.25, 0.3) is 0 Å². The van der Waals surface area contributed by atoms with E-state index in [4.69, 9.17) is 5.73 Å². The van der Waals surface area contributed by atoms with Crippen molar-refractivity contribution in [3.8, 4) is 0 Å². The molecular weight excluding hydrogens is 208 g/mol. The van der Waals surface area contributed by atoms with Crippen LogP contribution in [0.15, 0.2) is 17.5 Å². The normalized spacial score (nSPS) is 12.4. The Morgan fingerprint density at radius 2 is 2.47 bits per heavy atom. The summed E-state index contributed by atoms with van der Waals surface area (Å²) < 4.78 is 0. The number of amides is 1. The van der Waals surface area contributed by atoms with Gasteiger partial charge in [0.1, 0.15) is 0 Å². The number of rotatable bonds is 6. The molecule has 0 aliphatic carbocycles. The second-order valence-electron chi connectivity index (χ2n) is 3.55. The molecule has 0 radical (unpaired) electrons. The Hall–Kier alpha value is -0.870. The Bertz CT molecular complexity index is 285. The van der Waals surface area contributed by atoms with Gasteiger partial charge in [-0.1, -0.05) is 13.0 Å². The van der Waals surface area contributed by atoms with Crippen molar-refractivity contribution >= 4 is 17.2 Å². The average molecular weight is 226 g/mol. The highest BCUT2D eigenvalue weighted by Gasteiger charge is 2.06. The molecule has 1 rings (SSSR count). The largest absolute Gasteiger partial charge is 0.356 e. The third-order valence-electron chi connectivity index (χ3n) is 2.25. The van der Waals surface area contributed by atoms with Gasteiger partial charge in [0, 0.05) is 23.9 Å². The van der Waals surface area contributed by atoms with Crippen molar-refractivity contribution in [2.75, 3.05) is 6.54 Å². The van der Waals surface area contributed by atoms with Gasteiger partial charge >= 0.3 is 0 Å². The van der Waals surface area contributed by atoms with Crippen molar-refractivity contribution in [3.05, 3.63) is 22.4 Å². The van der Waals surface area contributed by atoms with Crippen molar-refractivity contribution in [2.24, 2.45) is 5.73 Å². The van der Waals surface area contributed by atoms with Gasteiger partial charge in [-0.05, 0) is 24.3 Å². The van der Waals surface area contributed by atoms with Crippen LogP contribution in [0.5, 0.6) is 0 Å². The second kappa shape index (κ2) is 6.58. The summed E-state index contributed by atoms with van der Waals surface area (Å²) in [7, 11) is 0. The summed E-state index contributed by atoms with van der Waals surface area (Å²) in [5.74, 6) is 0.0564. The van der Waals surface area contributed by atoms with Crippen molar-refractivity contribution < 1.29 is 4.79 Å². The fraction of sp³-hybridized carbons (Fsp3) is 0.545. The van der Waals surface area contributed by atoms with Crippen molar-refractivity contribution in [1.82, 2.24) is 5.32 Å². The van der Waals surface area contributed by atoms with Gasteiger partial charge in [0.15, 0.2) is 0 Å². The lowest BCUT2D eigenvalue weighted by molar-refractivity contribution is -0.121. The highest BCUT2D eigenvalue weighted by atomic mass is 32.1. The van der Waals surface area contributed by atoms with E-state index in [9.17, 15) is 4.79 Å². The van der Waals surface area contributed by atoms with Gasteiger partial charge in [0.05, 0.1) is 0 Å². The molecule has 15 heavy (non-hydrogen) atoms. The van der Waals surface area contributed by atoms with Crippen molar-refractivity contribution in [1.29, 1.82) is 0 Å². The molecular formula is C11H18N2OS. The number of hydrogen-bond acceptors (Lipinski definition) is 3. The lowest BCUT2D eigenvalue weighted by atomic mass is 10.1. The molecule has 1 heterocycles. The molecule has 1 atom stereocenters. The van der Waals surface area contributed by atoms with E-state index in [0.717, 1.165) is 12.8 Å². The number of thiophene rings is 1. The number of carbonyl (C=O) groups is 1. The molecule has 0 bridgehead atoms. The first-order valence-corrected chi connectivity index (χ1v) is 6.15. The lowest BCUT2D eigenvalue weighted by Crippen LogP contribution is -2.32. The van der Waals surface area contributed by atoms with E-state index in [1.165, 1.54) is 4.88 Å². The molecule has 0 saturated heterocycles. The maximum atomic E-state index is 11.4. The zero-order valence-electron chi connectivity index (χ0n) is 9.03. The molecule has 1 aromatic heterocycles. The third kappa shape index (κ3) is 4.95. The highest BCUT2D eigenvalue weighted by molar-refractivity contribution is 7.09. The molecule has 4 heteroatoms. The zero-order valence-corrected chi connectivity index (χ0v) is 9.85. The fourth-order valence-corrected chi connectivity index (χ4v) is 1.94. The molecule has 0 spiro atoms. The molecule has 0 fully saturated rings. The molecule has 1 unspecified atom stereocenters. The Morgan fingerprint density at radius 1 is 1.67 bits per heavy atom. The Labute approximate surface area is 94.7 Å². The van der Waals surface area contributed by atoms with E-state index in [1.54, 1.807) is 11.3 Å². The van der Waals surface area contributed by atoms with Crippen LogP contribution in [0.3, 0.4) is 0 Å². The predicted octanol–water partition coefficient (Wildman–Crippen LogP) is 1.53. The lowest BCUT2D eigenvalue weighted by Gasteiger charge is -2.08. The highest BCUT2D eigenvalue weighted by Crippen LogP contribution is 2.08. The molecule has 1 amide bonds. The van der Waals surface area contributed by atoms with Crippen molar-refractivity contribution in [2.45, 2.75) is 32.2 Å². The van der Waals surface area contributed by atoms with Crippen LogP contribution in [-0.4, -0.2) is 18.5 Å². The fourth-order valence-electron chi connectivity index (χ4n) is 1.23. The molecule has 3 N–H and O–H groups in total. The average Bonchev–Trinajstić information content (AvgIpc) is 2.70. The Kier molecular flexibility index (Phi) is 5.36. The molecule has 0 aliphatic rings. The van der Waals surface area contributed by atoms with E-state index in [1.807, 2.05) is 18.4 Å². The smallest absolute Gasteiger partial charge is 0.221 e. The topological polar surface area (TPSA) is 55.1 Å². The quantitative estimate of drug-likeness (QED) is 0.773. The first-order chi connectivity index (χ1) is 7.22. The van der Waals surface area contributed by atoms with Crippen LogP contribution >= 0.6 is 11.3 Å². The Morgan fingerprint density at radius 3 is 3.07 bits per heavy atom. The number of carbonyl (C=O) groups excluding carboxylic acids is 1. The van der Waals surface area contributed by atoms with Gasteiger partial charge in [-0.3, -0.25) is 4.79 Å². The van der Waals surface area contributed by atoms with Gasteiger partial charge in [0.25, 0.3) is 0 Å². The first-order valence-electron chi connectivity index (χ1n) is 5.27. The van der Waals surface area contributed by atoms with Crippen LogP contribution in [0.2, 0.25) is 0 Å². The van der Waals surface area contributed by atoms with Crippen LogP contribution in [-0.2, 0) is 11.2 Å². The molecule has 0 aliphatic heterocycles. The van der Waals surface area contributed by atoms with Crippen LogP contribution in [0.4, 0.5) is 0 Å². The maximum Gasteiger partial charge on any atom is 0.221 e. The van der Waals surface area contributed by atoms with E-state index in [0.29, 0.717) is 13.0 Å². The summed E-state index contributed by atoms with van der Waals surface area (Å²) in [6.45, 7) is 2.69. The van der Waals surface area contributed by atoms with Crippen LogP contribution < -0.4 is 11.1 Å². The molecule has 1 aromatic rings. The summed E-state index contributed by atoms with van der Waals surface area (Å²) >= 11 is 1.72. The van der Waals surface area contributed by atoms with E-state index < -0.39 is 0 Å². The standard InChI is InChI=1S/C11H18N2OS/c1-2-9(12)8-11(14)13-6-5-10-4-3-7-15-10/h3-4,7,9H,2,5-6,8,12H2,1H3,(H,13,14). The monoisotopic (exact) mass is 226 g/mol. The minimum absolute atomic E-state index is 0.00765. The number of hydrogen-bond donors (Lipinski definition) is 2. The molecule has 0 aromatic carbocycles. The predicted molar refractivity (Wildman–Crippen MR) is 63.9 cm³/mol. The van der Waals surface area contributed by atoms with E-state index in [2.05, 4.69) is 11.4 Å². The number of nitrogens with two attached hydrogens (primary N) is 1. The van der Waals surface area contributed by atoms with E-state index in [-0.39, 0.29) is 11.9 Å². The summed E-state index contributed by atoms with van der Waals surface area (Å²) in [4.78, 5) is 12.7. The first kappa shape index (κ1) is 12.2. The van der Waals surface area contributed by atoms with Crippen LogP contribution in [0.1, 0.15) is 24.6 Å². The van der Waals surface area contributed by atoms with Gasteiger partial charge in [-0.15, -0.1) is 11.3 Å².